The number of aliphatic hydroxyl groups excluding tert-OH is 2. The molecule has 0 radical (unpaired) electrons. The Morgan fingerprint density at radius 2 is 1.05 bits per heavy atom. The first-order valence-electron chi connectivity index (χ1n) is 11.6. The number of hydrogen-bond acceptors (Lipinski definition) is 14. The minimum absolute atomic E-state index is 0. The summed E-state index contributed by atoms with van der Waals surface area (Å²) >= 11 is 3.67. The van der Waals surface area contributed by atoms with Crippen molar-refractivity contribution in [1.82, 2.24) is 0 Å². The van der Waals surface area contributed by atoms with E-state index >= 15 is 0 Å². The van der Waals surface area contributed by atoms with Gasteiger partial charge in [0.2, 0.25) is 0 Å². The van der Waals surface area contributed by atoms with Crippen LogP contribution >= 0.6 is 23.5 Å². The zero-order chi connectivity index (χ0) is 25.5. The van der Waals surface area contributed by atoms with E-state index in [9.17, 15) is 30.0 Å². The largest absolute Gasteiger partial charge is 2.00 e. The number of esters is 2. The molecule has 0 aliphatic carbocycles. The van der Waals surface area contributed by atoms with E-state index in [4.69, 9.17) is 28.4 Å². The van der Waals surface area contributed by atoms with Gasteiger partial charge in [0.25, 0.3) is 0 Å². The average Bonchev–Trinajstić information content (AvgIpc) is 3.61. The molecule has 0 bridgehead atoms. The van der Waals surface area contributed by atoms with E-state index in [2.05, 4.69) is 0 Å². The van der Waals surface area contributed by atoms with E-state index in [1.54, 1.807) is 0 Å². The summed E-state index contributed by atoms with van der Waals surface area (Å²) in [6.07, 6.45) is -0.309. The molecule has 37 heavy (non-hydrogen) atoms. The first kappa shape index (κ1) is 29.4. The van der Waals surface area contributed by atoms with Crippen molar-refractivity contribution in [3.63, 3.8) is 0 Å². The van der Waals surface area contributed by atoms with Crippen molar-refractivity contribution in [1.29, 1.82) is 0 Å². The summed E-state index contributed by atoms with van der Waals surface area (Å²) in [5.74, 6) is -2.56. The normalized spacial score (nSPS) is 34.3. The fourth-order valence-electron chi connectivity index (χ4n) is 4.75. The maximum absolute atomic E-state index is 11.6. The first-order chi connectivity index (χ1) is 17.2. The van der Waals surface area contributed by atoms with Crippen LogP contribution in [0.3, 0.4) is 0 Å². The maximum atomic E-state index is 11.6. The molecule has 2 spiro atoms. The van der Waals surface area contributed by atoms with Crippen molar-refractivity contribution < 1.29 is 58.4 Å². The minimum Gasteiger partial charge on any atom is -0.870 e. The van der Waals surface area contributed by atoms with Gasteiger partial charge < -0.3 is 48.8 Å². The molecule has 4 unspecified atom stereocenters. The average molecular weight is 587 g/mol. The summed E-state index contributed by atoms with van der Waals surface area (Å²) in [5.41, 5.74) is 0. The summed E-state index contributed by atoms with van der Waals surface area (Å²) < 4.78 is 32.5. The molecule has 0 aromatic rings. The van der Waals surface area contributed by atoms with Gasteiger partial charge in [-0.1, -0.05) is 0 Å². The van der Waals surface area contributed by atoms with E-state index < -0.39 is 71.0 Å². The van der Waals surface area contributed by atoms with Crippen molar-refractivity contribution in [2.75, 3.05) is 36.2 Å². The first-order valence-corrected chi connectivity index (χ1v) is 13.9. The number of thioether (sulfide) groups is 2. The zero-order valence-corrected chi connectivity index (χ0v) is 23.7. The molecule has 0 aromatic heterocycles. The van der Waals surface area contributed by atoms with Crippen LogP contribution < -0.4 is 10.2 Å². The van der Waals surface area contributed by atoms with Gasteiger partial charge in [-0.2, -0.15) is 23.5 Å². The van der Waals surface area contributed by atoms with Crippen LogP contribution in [0.5, 0.6) is 0 Å². The molecule has 6 heterocycles. The molecule has 4 saturated heterocycles. The number of ether oxygens (including phenoxy) is 6. The topological polar surface area (TPSA) is 176 Å². The summed E-state index contributed by atoms with van der Waals surface area (Å²) in [6, 6.07) is 0. The molecule has 4 fully saturated rings. The van der Waals surface area contributed by atoms with E-state index in [-0.39, 0.29) is 51.0 Å². The Bertz CT molecular complexity index is 883. The molecular formula is C22H26CaO12S2. The molecule has 0 amide bonds. The van der Waals surface area contributed by atoms with Gasteiger partial charge in [-0.05, 0) is 34.5 Å². The summed E-state index contributed by atoms with van der Waals surface area (Å²) in [6.45, 7) is 0.420. The number of carbonyl (C=O) groups is 2. The van der Waals surface area contributed by atoms with Crippen LogP contribution in [0.4, 0.5) is 0 Å². The van der Waals surface area contributed by atoms with Crippen LogP contribution in [0.25, 0.3) is 0 Å². The molecule has 2 N–H and O–H groups in total. The summed E-state index contributed by atoms with van der Waals surface area (Å²) in [7, 11) is 0. The Morgan fingerprint density at radius 1 is 0.703 bits per heavy atom. The van der Waals surface area contributed by atoms with Crippen LogP contribution in [0.2, 0.25) is 0 Å². The zero-order valence-electron chi connectivity index (χ0n) is 19.9. The van der Waals surface area contributed by atoms with Gasteiger partial charge in [0, 0.05) is 25.7 Å². The van der Waals surface area contributed by atoms with E-state index in [1.807, 2.05) is 23.5 Å². The van der Waals surface area contributed by atoms with Gasteiger partial charge in [-0.15, -0.1) is 0 Å². The van der Waals surface area contributed by atoms with Crippen LogP contribution in [-0.4, -0.2) is 132 Å². The Kier molecular flexibility index (Phi) is 9.44. The third kappa shape index (κ3) is 5.97. The number of rotatable bonds is 2. The SMILES string of the molecule is O=C1OC(C2COC3(CCSCC3)O2)C([O-])=C1O.O=C1OC(C2COC3(CCSCC3)O2)C([O-])=C1O.[Ca+2]. The van der Waals surface area contributed by atoms with Gasteiger partial charge in [0.05, 0.1) is 13.2 Å². The van der Waals surface area contributed by atoms with Crippen LogP contribution in [0.1, 0.15) is 25.7 Å². The number of carbonyl (C=O) groups excluding carboxylic acids is 2. The van der Waals surface area contributed by atoms with Crippen LogP contribution in [-0.2, 0) is 38.0 Å². The van der Waals surface area contributed by atoms with Crippen molar-refractivity contribution in [3.05, 3.63) is 23.0 Å². The number of cyclic esters (lactones) is 2. The molecule has 0 aromatic carbocycles. The second-order valence-electron chi connectivity index (χ2n) is 9.06. The molecule has 6 aliphatic rings. The predicted octanol–water partition coefficient (Wildman–Crippen LogP) is -1.02. The fourth-order valence-corrected chi connectivity index (χ4v) is 6.98. The van der Waals surface area contributed by atoms with E-state index in [1.165, 1.54) is 0 Å². The van der Waals surface area contributed by atoms with Gasteiger partial charge in [-0.3, -0.25) is 0 Å². The maximum Gasteiger partial charge on any atom is 2.00 e. The molecule has 200 valence electrons. The van der Waals surface area contributed by atoms with E-state index in [0.717, 1.165) is 48.7 Å². The second-order valence-corrected chi connectivity index (χ2v) is 11.5. The van der Waals surface area contributed by atoms with Gasteiger partial charge in [0.1, 0.15) is 24.4 Å². The molecular weight excluding hydrogens is 560 g/mol. The van der Waals surface area contributed by atoms with Crippen LogP contribution in [0.15, 0.2) is 23.0 Å². The fraction of sp³-hybridized carbons (Fsp3) is 0.727. The molecule has 6 aliphatic heterocycles. The second kappa shape index (κ2) is 11.9. The minimum atomic E-state index is -1.06. The summed E-state index contributed by atoms with van der Waals surface area (Å²) in [5, 5.41) is 41.6. The van der Waals surface area contributed by atoms with Crippen LogP contribution in [0, 0.1) is 0 Å². The quantitative estimate of drug-likeness (QED) is 0.297. The third-order valence-corrected chi connectivity index (χ3v) is 8.75. The van der Waals surface area contributed by atoms with Gasteiger partial charge in [-0.25, -0.2) is 9.59 Å². The van der Waals surface area contributed by atoms with Gasteiger partial charge in [0.15, 0.2) is 23.1 Å². The molecule has 6 rings (SSSR count). The Hall–Kier alpha value is -0.580. The molecule has 15 heteroatoms. The predicted molar refractivity (Wildman–Crippen MR) is 125 cm³/mol. The Labute approximate surface area is 251 Å². The monoisotopic (exact) mass is 586 g/mol. The van der Waals surface area contributed by atoms with Crippen molar-refractivity contribution in [2.24, 2.45) is 0 Å². The van der Waals surface area contributed by atoms with Crippen molar-refractivity contribution >= 4 is 73.2 Å². The standard InChI is InChI=1S/2C11H14O6S.Ca/c2*12-7-8(13)10(14)16-9(7)6-5-15-11(17-6)1-3-18-4-2-11;/h2*6,9,12-13H,1-5H2;/q;;+2/p-2. The smallest absolute Gasteiger partial charge is 0.870 e. The molecule has 4 atom stereocenters. The Balaban J connectivity index is 0.000000168. The van der Waals surface area contributed by atoms with E-state index in [0.29, 0.717) is 0 Å². The molecule has 12 nitrogen and oxygen atoms in total. The third-order valence-electron chi connectivity index (χ3n) is 6.78. The van der Waals surface area contributed by atoms with Crippen molar-refractivity contribution in [3.8, 4) is 0 Å². The molecule has 0 saturated carbocycles. The van der Waals surface area contributed by atoms with Crippen molar-refractivity contribution in [2.45, 2.75) is 61.7 Å². The summed E-state index contributed by atoms with van der Waals surface area (Å²) in [4.78, 5) is 22.2. The Morgan fingerprint density at radius 3 is 1.35 bits per heavy atom. The van der Waals surface area contributed by atoms with Gasteiger partial charge >= 0.3 is 49.7 Å². The number of hydrogen-bond donors (Lipinski definition) is 2. The number of aliphatic hydroxyl groups is 2.